The summed E-state index contributed by atoms with van der Waals surface area (Å²) in [5, 5.41) is 15.1. The molecule has 1 atom stereocenters. The van der Waals surface area contributed by atoms with Gasteiger partial charge in [-0.05, 0) is 17.3 Å². The molecule has 0 aliphatic heterocycles. The van der Waals surface area contributed by atoms with E-state index in [0.717, 1.165) is 18.7 Å². The first-order chi connectivity index (χ1) is 8.79. The molecular formula is C15H26N2O2. The van der Waals surface area contributed by atoms with Crippen LogP contribution in [0.3, 0.4) is 0 Å². The van der Waals surface area contributed by atoms with E-state index in [1.54, 1.807) is 13.3 Å². The van der Waals surface area contributed by atoms with Gasteiger partial charge in [0.1, 0.15) is 11.8 Å². The molecule has 0 radical (unpaired) electrons. The Morgan fingerprint density at radius 2 is 1.95 bits per heavy atom. The minimum absolute atomic E-state index is 0.138. The third-order valence-corrected chi connectivity index (χ3v) is 5.23. The van der Waals surface area contributed by atoms with Crippen molar-refractivity contribution in [1.29, 1.82) is 0 Å². The van der Waals surface area contributed by atoms with Gasteiger partial charge in [-0.3, -0.25) is 4.68 Å². The van der Waals surface area contributed by atoms with Gasteiger partial charge in [0.25, 0.3) is 0 Å². The van der Waals surface area contributed by atoms with E-state index >= 15 is 0 Å². The van der Waals surface area contributed by atoms with Crippen molar-refractivity contribution >= 4 is 0 Å². The number of aliphatic hydroxyl groups is 1. The normalized spacial score (nSPS) is 22.3. The van der Waals surface area contributed by atoms with Crippen LogP contribution in [-0.4, -0.2) is 22.0 Å². The van der Waals surface area contributed by atoms with Gasteiger partial charge in [-0.15, -0.1) is 0 Å². The highest BCUT2D eigenvalue weighted by Crippen LogP contribution is 2.72. The van der Waals surface area contributed by atoms with Crippen molar-refractivity contribution in [3.63, 3.8) is 0 Å². The maximum absolute atomic E-state index is 10.8. The summed E-state index contributed by atoms with van der Waals surface area (Å²) < 4.78 is 7.25. The van der Waals surface area contributed by atoms with E-state index in [2.05, 4.69) is 39.7 Å². The van der Waals surface area contributed by atoms with E-state index in [9.17, 15) is 5.11 Å². The van der Waals surface area contributed by atoms with Gasteiger partial charge in [0, 0.05) is 12.5 Å². The Labute approximate surface area is 115 Å². The van der Waals surface area contributed by atoms with Crippen LogP contribution in [0.4, 0.5) is 0 Å². The molecule has 19 heavy (non-hydrogen) atoms. The predicted molar refractivity (Wildman–Crippen MR) is 75.1 cm³/mol. The molecule has 1 heterocycles. The molecule has 1 aliphatic rings. The Balaban J connectivity index is 2.34. The van der Waals surface area contributed by atoms with Crippen molar-refractivity contribution in [3.8, 4) is 5.75 Å². The molecule has 1 unspecified atom stereocenters. The highest BCUT2D eigenvalue weighted by molar-refractivity contribution is 5.31. The molecule has 1 saturated carbocycles. The molecule has 0 saturated heterocycles. The summed E-state index contributed by atoms with van der Waals surface area (Å²) in [4.78, 5) is 0. The van der Waals surface area contributed by atoms with E-state index in [0.29, 0.717) is 5.75 Å². The van der Waals surface area contributed by atoms with Gasteiger partial charge in [-0.2, -0.15) is 5.10 Å². The average molecular weight is 266 g/mol. The Morgan fingerprint density at radius 1 is 1.37 bits per heavy atom. The molecular weight excluding hydrogens is 240 g/mol. The smallest absolute Gasteiger partial charge is 0.162 e. The first-order valence-corrected chi connectivity index (χ1v) is 7.06. The third-order valence-electron chi connectivity index (χ3n) is 5.23. The van der Waals surface area contributed by atoms with Crippen molar-refractivity contribution in [1.82, 2.24) is 9.78 Å². The Morgan fingerprint density at radius 3 is 2.37 bits per heavy atom. The van der Waals surface area contributed by atoms with Crippen LogP contribution < -0.4 is 4.74 Å². The van der Waals surface area contributed by atoms with Crippen molar-refractivity contribution < 1.29 is 9.84 Å². The van der Waals surface area contributed by atoms with Crippen LogP contribution in [0, 0.1) is 16.7 Å². The summed E-state index contributed by atoms with van der Waals surface area (Å²) in [6, 6.07) is 0. The quantitative estimate of drug-likeness (QED) is 0.891. The molecule has 1 aromatic rings. The Hall–Kier alpha value is -1.03. The lowest BCUT2D eigenvalue weighted by atomic mass is 10.0. The SMILES string of the molecule is CCCn1ncc(OC)c1C(O)C1C(C)(C)C1(C)C. The van der Waals surface area contributed by atoms with E-state index in [4.69, 9.17) is 4.74 Å². The standard InChI is InChI=1S/C15H26N2O2/c1-7-8-17-11(10(19-6)9-16-17)12(18)13-14(2,3)15(13,4)5/h9,12-13,18H,7-8H2,1-6H3. The van der Waals surface area contributed by atoms with Crippen molar-refractivity contribution in [2.24, 2.45) is 16.7 Å². The lowest BCUT2D eigenvalue weighted by Gasteiger charge is -2.16. The average Bonchev–Trinajstić information content (AvgIpc) is 2.64. The summed E-state index contributed by atoms with van der Waals surface area (Å²) in [5.41, 5.74) is 1.10. The molecule has 1 fully saturated rings. The Kier molecular flexibility index (Phi) is 3.42. The monoisotopic (exact) mass is 266 g/mol. The first-order valence-electron chi connectivity index (χ1n) is 7.06. The molecule has 4 heteroatoms. The second kappa shape index (κ2) is 4.51. The zero-order valence-corrected chi connectivity index (χ0v) is 12.9. The number of hydrogen-bond acceptors (Lipinski definition) is 3. The van der Waals surface area contributed by atoms with E-state index in [1.165, 1.54) is 0 Å². The second-order valence-corrected chi connectivity index (χ2v) is 6.69. The van der Waals surface area contributed by atoms with E-state index < -0.39 is 6.10 Å². The summed E-state index contributed by atoms with van der Waals surface area (Å²) in [7, 11) is 1.63. The number of aromatic nitrogens is 2. The molecule has 1 aliphatic carbocycles. The molecule has 1 N–H and O–H groups in total. The molecule has 0 aromatic carbocycles. The number of nitrogens with zero attached hydrogens (tertiary/aromatic N) is 2. The van der Waals surface area contributed by atoms with Crippen LogP contribution in [0.1, 0.15) is 52.8 Å². The summed E-state index contributed by atoms with van der Waals surface area (Å²) in [6.45, 7) is 11.8. The van der Waals surface area contributed by atoms with Gasteiger partial charge in [-0.1, -0.05) is 34.6 Å². The van der Waals surface area contributed by atoms with Gasteiger partial charge in [-0.25, -0.2) is 0 Å². The van der Waals surface area contributed by atoms with E-state index in [1.807, 2.05) is 4.68 Å². The highest BCUT2D eigenvalue weighted by Gasteiger charge is 2.68. The molecule has 4 nitrogen and oxygen atoms in total. The molecule has 108 valence electrons. The van der Waals surface area contributed by atoms with Crippen LogP contribution in [-0.2, 0) is 6.54 Å². The number of aliphatic hydroxyl groups excluding tert-OH is 1. The lowest BCUT2D eigenvalue weighted by Crippen LogP contribution is -2.14. The van der Waals surface area contributed by atoms with Gasteiger partial charge in [0.2, 0.25) is 0 Å². The number of aryl methyl sites for hydroxylation is 1. The van der Waals surface area contributed by atoms with Crippen LogP contribution >= 0.6 is 0 Å². The van der Waals surface area contributed by atoms with Crippen LogP contribution in [0.5, 0.6) is 5.75 Å². The topological polar surface area (TPSA) is 47.3 Å². The second-order valence-electron chi connectivity index (χ2n) is 6.69. The zero-order chi connectivity index (χ0) is 14.4. The Bertz CT molecular complexity index is 449. The van der Waals surface area contributed by atoms with Gasteiger partial charge >= 0.3 is 0 Å². The number of ether oxygens (including phenoxy) is 1. The van der Waals surface area contributed by atoms with Crippen molar-refractivity contribution in [2.75, 3.05) is 7.11 Å². The van der Waals surface area contributed by atoms with E-state index in [-0.39, 0.29) is 16.7 Å². The molecule has 2 rings (SSSR count). The first kappa shape index (κ1) is 14.4. The van der Waals surface area contributed by atoms with Gasteiger partial charge < -0.3 is 9.84 Å². The largest absolute Gasteiger partial charge is 0.493 e. The fourth-order valence-corrected chi connectivity index (χ4v) is 3.42. The molecule has 0 amide bonds. The zero-order valence-electron chi connectivity index (χ0n) is 12.9. The van der Waals surface area contributed by atoms with Gasteiger partial charge in [0.05, 0.1) is 13.3 Å². The number of rotatable bonds is 5. The summed E-state index contributed by atoms with van der Waals surface area (Å²) in [6.07, 6.45) is 2.17. The fourth-order valence-electron chi connectivity index (χ4n) is 3.42. The number of methoxy groups -OCH3 is 1. The lowest BCUT2D eigenvalue weighted by molar-refractivity contribution is 0.117. The summed E-state index contributed by atoms with van der Waals surface area (Å²) >= 11 is 0. The minimum Gasteiger partial charge on any atom is -0.493 e. The van der Waals surface area contributed by atoms with Crippen molar-refractivity contribution in [2.45, 2.75) is 53.7 Å². The molecule has 0 spiro atoms. The third kappa shape index (κ3) is 1.97. The maximum atomic E-state index is 10.8. The van der Waals surface area contributed by atoms with Crippen LogP contribution in [0.25, 0.3) is 0 Å². The predicted octanol–water partition coefficient (Wildman–Crippen LogP) is 3.02. The molecule has 0 bridgehead atoms. The summed E-state index contributed by atoms with van der Waals surface area (Å²) in [5.74, 6) is 0.931. The minimum atomic E-state index is -0.519. The number of hydrogen-bond donors (Lipinski definition) is 1. The highest BCUT2D eigenvalue weighted by atomic mass is 16.5. The van der Waals surface area contributed by atoms with Crippen molar-refractivity contribution in [3.05, 3.63) is 11.9 Å². The fraction of sp³-hybridized carbons (Fsp3) is 0.800. The van der Waals surface area contributed by atoms with Crippen LogP contribution in [0.15, 0.2) is 6.20 Å². The molecule has 1 aromatic heterocycles. The maximum Gasteiger partial charge on any atom is 0.162 e. The van der Waals surface area contributed by atoms with Gasteiger partial charge in [0.15, 0.2) is 5.75 Å². The van der Waals surface area contributed by atoms with Crippen LogP contribution in [0.2, 0.25) is 0 Å².